The molecule has 0 atom stereocenters. The van der Waals surface area contributed by atoms with Gasteiger partial charge >= 0.3 is 0 Å². The van der Waals surface area contributed by atoms with Crippen LogP contribution in [-0.2, 0) is 17.8 Å². The fraction of sp³-hybridized carbons (Fsp3) is 0.593. The number of nitrogens with zero attached hydrogens (tertiary/aromatic N) is 6. The number of carbonyl (C=O) groups is 1. The van der Waals surface area contributed by atoms with E-state index in [1.807, 2.05) is 0 Å². The normalized spacial score (nSPS) is 19.0. The van der Waals surface area contributed by atoms with E-state index in [9.17, 15) is 4.79 Å². The number of rotatable bonds is 5. The molecule has 1 saturated carbocycles. The minimum Gasteiger partial charge on any atom is -0.368 e. The van der Waals surface area contributed by atoms with E-state index < -0.39 is 0 Å². The Morgan fingerprint density at radius 3 is 2.32 bits per heavy atom. The predicted octanol–water partition coefficient (Wildman–Crippen LogP) is 3.72. The second kappa shape index (κ2) is 9.80. The van der Waals surface area contributed by atoms with Gasteiger partial charge in [0.2, 0.25) is 11.9 Å². The lowest BCUT2D eigenvalue weighted by Gasteiger charge is -2.38. The van der Waals surface area contributed by atoms with Crippen molar-refractivity contribution >= 4 is 23.4 Å². The van der Waals surface area contributed by atoms with Crippen molar-refractivity contribution in [1.82, 2.24) is 14.9 Å². The molecule has 1 aromatic heterocycles. The van der Waals surface area contributed by atoms with Gasteiger partial charge in [0.1, 0.15) is 5.82 Å². The number of hydrogen-bond acceptors (Lipinski definition) is 6. The Hall–Kier alpha value is -2.83. The average molecular weight is 463 g/mol. The number of hydrogen-bond donors (Lipinski definition) is 0. The Bertz CT molecular complexity index is 996. The highest BCUT2D eigenvalue weighted by Gasteiger charge is 2.33. The van der Waals surface area contributed by atoms with Gasteiger partial charge in [-0.1, -0.05) is 31.0 Å². The first-order chi connectivity index (χ1) is 16.5. The van der Waals surface area contributed by atoms with Gasteiger partial charge in [-0.3, -0.25) is 4.79 Å². The van der Waals surface area contributed by atoms with Gasteiger partial charge in [-0.05, 0) is 38.8 Å². The quantitative estimate of drug-likeness (QED) is 0.675. The van der Waals surface area contributed by atoms with Crippen LogP contribution in [0.2, 0.25) is 0 Å². The molecular weight excluding hydrogens is 424 g/mol. The first kappa shape index (κ1) is 22.9. The summed E-state index contributed by atoms with van der Waals surface area (Å²) in [5.41, 5.74) is 3.54. The topological polar surface area (TPSA) is 55.8 Å². The molecule has 0 unspecified atom stereocenters. The molecule has 2 aromatic rings. The van der Waals surface area contributed by atoms with Crippen LogP contribution in [0.5, 0.6) is 0 Å². The fourth-order valence-corrected chi connectivity index (χ4v) is 5.48. The zero-order valence-corrected chi connectivity index (χ0v) is 20.9. The van der Waals surface area contributed by atoms with Crippen molar-refractivity contribution in [1.29, 1.82) is 0 Å². The van der Waals surface area contributed by atoms with Crippen LogP contribution >= 0.6 is 0 Å². The molecule has 182 valence electrons. The first-order valence-electron chi connectivity index (χ1n) is 13.0. The van der Waals surface area contributed by atoms with Crippen molar-refractivity contribution in [2.24, 2.45) is 5.92 Å². The Morgan fingerprint density at radius 1 is 0.971 bits per heavy atom. The van der Waals surface area contributed by atoms with E-state index in [4.69, 9.17) is 9.97 Å². The van der Waals surface area contributed by atoms with E-state index in [0.717, 1.165) is 75.0 Å². The average Bonchev–Trinajstić information content (AvgIpc) is 3.42. The summed E-state index contributed by atoms with van der Waals surface area (Å²) in [7, 11) is 2.11. The molecule has 0 N–H and O–H groups in total. The molecule has 3 heterocycles. The molecule has 0 radical (unpaired) electrons. The Balaban J connectivity index is 1.37. The molecule has 0 spiro atoms. The van der Waals surface area contributed by atoms with Gasteiger partial charge in [-0.2, -0.15) is 4.98 Å². The summed E-state index contributed by atoms with van der Waals surface area (Å²) in [6.45, 7) is 9.53. The van der Waals surface area contributed by atoms with E-state index in [2.05, 4.69) is 70.8 Å². The lowest BCUT2D eigenvalue weighted by Crippen LogP contribution is -2.47. The Morgan fingerprint density at radius 2 is 1.65 bits per heavy atom. The lowest BCUT2D eigenvalue weighted by atomic mass is 10.0. The molecule has 3 aliphatic rings. The number of piperazine rings is 1. The maximum atomic E-state index is 13.1. The molecule has 1 aromatic carbocycles. The zero-order valence-electron chi connectivity index (χ0n) is 20.9. The van der Waals surface area contributed by atoms with Crippen LogP contribution in [0.25, 0.3) is 0 Å². The van der Waals surface area contributed by atoms with Gasteiger partial charge in [-0.25, -0.2) is 4.98 Å². The van der Waals surface area contributed by atoms with Crippen LogP contribution in [0.1, 0.15) is 50.8 Å². The number of carbonyl (C=O) groups excluding carboxylic acids is 1. The highest BCUT2D eigenvalue weighted by atomic mass is 16.2. The van der Waals surface area contributed by atoms with Crippen LogP contribution in [-0.4, -0.2) is 66.6 Å². The van der Waals surface area contributed by atoms with Crippen LogP contribution in [0.4, 0.5) is 17.5 Å². The SMILES string of the molecule is CC(C)N(C)c1nc(N2CCN(c3ccccc3)CC2)nc2c1CN(C(=O)C1CCCC1)CC2. The smallest absolute Gasteiger partial charge is 0.227 e. The van der Waals surface area contributed by atoms with Gasteiger partial charge in [-0.15, -0.1) is 0 Å². The van der Waals surface area contributed by atoms with Gasteiger partial charge in [0.25, 0.3) is 0 Å². The summed E-state index contributed by atoms with van der Waals surface area (Å²) in [5, 5.41) is 0. The van der Waals surface area contributed by atoms with Crippen molar-refractivity contribution in [2.45, 2.75) is 58.5 Å². The maximum Gasteiger partial charge on any atom is 0.227 e. The first-order valence-corrected chi connectivity index (χ1v) is 13.0. The molecule has 1 aliphatic carbocycles. The largest absolute Gasteiger partial charge is 0.368 e. The van der Waals surface area contributed by atoms with Crippen molar-refractivity contribution in [3.63, 3.8) is 0 Å². The van der Waals surface area contributed by atoms with Crippen LogP contribution in [0.15, 0.2) is 30.3 Å². The third kappa shape index (κ3) is 4.57. The predicted molar refractivity (Wildman–Crippen MR) is 138 cm³/mol. The summed E-state index contributed by atoms with van der Waals surface area (Å²) < 4.78 is 0. The standard InChI is InChI=1S/C27H38N6O/c1-20(2)30(3)25-23-19-33(26(34)21-9-7-8-10-21)14-13-24(23)28-27(29-25)32-17-15-31(16-18-32)22-11-5-4-6-12-22/h4-6,11-12,20-21H,7-10,13-19H2,1-3H3. The molecule has 0 bridgehead atoms. The van der Waals surface area contributed by atoms with E-state index >= 15 is 0 Å². The highest BCUT2D eigenvalue weighted by molar-refractivity contribution is 5.79. The molecular formula is C27H38N6O. The number of para-hydroxylation sites is 1. The molecule has 5 rings (SSSR count). The van der Waals surface area contributed by atoms with Gasteiger partial charge in [0, 0.05) is 69.4 Å². The zero-order chi connectivity index (χ0) is 23.7. The summed E-state index contributed by atoms with van der Waals surface area (Å²) in [6, 6.07) is 10.9. The third-order valence-electron chi connectivity index (χ3n) is 7.84. The number of anilines is 3. The van der Waals surface area contributed by atoms with Gasteiger partial charge < -0.3 is 19.6 Å². The summed E-state index contributed by atoms with van der Waals surface area (Å²) in [6.07, 6.45) is 5.28. The van der Waals surface area contributed by atoms with Gasteiger partial charge in [0.15, 0.2) is 0 Å². The van der Waals surface area contributed by atoms with E-state index in [-0.39, 0.29) is 5.92 Å². The number of benzene rings is 1. The summed E-state index contributed by atoms with van der Waals surface area (Å²) in [4.78, 5) is 32.4. The van der Waals surface area contributed by atoms with Crippen LogP contribution in [0, 0.1) is 5.92 Å². The maximum absolute atomic E-state index is 13.1. The van der Waals surface area contributed by atoms with Crippen molar-refractivity contribution in [3.05, 3.63) is 41.6 Å². The van der Waals surface area contributed by atoms with E-state index in [1.165, 1.54) is 18.5 Å². The molecule has 2 fully saturated rings. The molecule has 34 heavy (non-hydrogen) atoms. The van der Waals surface area contributed by atoms with Crippen LogP contribution in [0.3, 0.4) is 0 Å². The van der Waals surface area contributed by atoms with Crippen molar-refractivity contribution in [3.8, 4) is 0 Å². The second-order valence-corrected chi connectivity index (χ2v) is 10.3. The second-order valence-electron chi connectivity index (χ2n) is 10.3. The monoisotopic (exact) mass is 462 g/mol. The Kier molecular flexibility index (Phi) is 6.61. The minimum absolute atomic E-state index is 0.217. The fourth-order valence-electron chi connectivity index (χ4n) is 5.48. The Labute approximate surface area is 203 Å². The van der Waals surface area contributed by atoms with Crippen LogP contribution < -0.4 is 14.7 Å². The highest BCUT2D eigenvalue weighted by Crippen LogP contribution is 2.33. The van der Waals surface area contributed by atoms with Gasteiger partial charge in [0.05, 0.1) is 12.2 Å². The van der Waals surface area contributed by atoms with Crippen molar-refractivity contribution < 1.29 is 4.79 Å². The third-order valence-corrected chi connectivity index (χ3v) is 7.84. The van der Waals surface area contributed by atoms with Crippen molar-refractivity contribution in [2.75, 3.05) is 54.5 Å². The summed E-state index contributed by atoms with van der Waals surface area (Å²) in [5.74, 6) is 2.38. The van der Waals surface area contributed by atoms with E-state index in [0.29, 0.717) is 18.5 Å². The summed E-state index contributed by atoms with van der Waals surface area (Å²) >= 11 is 0. The number of aromatic nitrogens is 2. The lowest BCUT2D eigenvalue weighted by molar-refractivity contribution is -0.136. The molecule has 7 heteroatoms. The number of fused-ring (bicyclic) bond motifs is 1. The molecule has 7 nitrogen and oxygen atoms in total. The molecule has 1 saturated heterocycles. The van der Waals surface area contributed by atoms with E-state index in [1.54, 1.807) is 0 Å². The minimum atomic E-state index is 0.217. The molecule has 2 aliphatic heterocycles. The number of amides is 1. The molecule has 1 amide bonds.